The van der Waals surface area contributed by atoms with E-state index in [1.54, 1.807) is 11.9 Å². The van der Waals surface area contributed by atoms with Crippen molar-refractivity contribution in [2.75, 3.05) is 20.1 Å². The van der Waals surface area contributed by atoms with Crippen LogP contribution in [-0.4, -0.2) is 30.8 Å². The molecule has 0 heterocycles. The topological polar surface area (TPSA) is 20.3 Å². The highest BCUT2D eigenvalue weighted by Crippen LogP contribution is 2.13. The van der Waals surface area contributed by atoms with Gasteiger partial charge in [-0.3, -0.25) is 9.69 Å². The lowest BCUT2D eigenvalue weighted by Crippen LogP contribution is -2.29. The molecule has 2 aromatic carbocycles. The predicted molar refractivity (Wildman–Crippen MR) is 78.3 cm³/mol. The Balaban J connectivity index is 1.93. The summed E-state index contributed by atoms with van der Waals surface area (Å²) < 4.78 is 27.0. The Kier molecular flexibility index (Phi) is 5.17. The summed E-state index contributed by atoms with van der Waals surface area (Å²) in [6, 6.07) is 13.3. The lowest BCUT2D eigenvalue weighted by Gasteiger charge is -2.16. The molecule has 0 amide bonds. The van der Waals surface area contributed by atoms with Crippen molar-refractivity contribution < 1.29 is 13.6 Å². The van der Waals surface area contributed by atoms with Crippen LogP contribution in [0.4, 0.5) is 8.78 Å². The van der Waals surface area contributed by atoms with Gasteiger partial charge in [0.2, 0.25) is 0 Å². The summed E-state index contributed by atoms with van der Waals surface area (Å²) >= 11 is 0. The number of rotatable bonds is 6. The van der Waals surface area contributed by atoms with Crippen LogP contribution in [0.25, 0.3) is 0 Å². The summed E-state index contributed by atoms with van der Waals surface area (Å²) in [6.07, 6.45) is 0.782. The minimum Gasteiger partial charge on any atom is -0.299 e. The zero-order valence-electron chi connectivity index (χ0n) is 11.9. The molecule has 4 heteroatoms. The number of ketones is 1. The van der Waals surface area contributed by atoms with Crippen LogP contribution in [0.5, 0.6) is 0 Å². The number of benzene rings is 2. The molecule has 21 heavy (non-hydrogen) atoms. The van der Waals surface area contributed by atoms with Gasteiger partial charge in [-0.2, -0.15) is 0 Å². The quantitative estimate of drug-likeness (QED) is 0.760. The van der Waals surface area contributed by atoms with Gasteiger partial charge in [0.15, 0.2) is 5.78 Å². The SMILES string of the molecule is CN(CCc1ccccc1)CC(=O)c1c(F)cccc1F. The van der Waals surface area contributed by atoms with Crippen molar-refractivity contribution in [3.05, 3.63) is 71.3 Å². The summed E-state index contributed by atoms with van der Waals surface area (Å²) in [6.45, 7) is 0.635. The molecule has 0 spiro atoms. The van der Waals surface area contributed by atoms with Gasteiger partial charge in [0.25, 0.3) is 0 Å². The van der Waals surface area contributed by atoms with Crippen molar-refractivity contribution in [3.63, 3.8) is 0 Å². The van der Waals surface area contributed by atoms with Crippen LogP contribution >= 0.6 is 0 Å². The monoisotopic (exact) mass is 289 g/mol. The van der Waals surface area contributed by atoms with Gasteiger partial charge in [0, 0.05) is 6.54 Å². The zero-order valence-corrected chi connectivity index (χ0v) is 11.9. The van der Waals surface area contributed by atoms with E-state index < -0.39 is 23.0 Å². The molecule has 110 valence electrons. The number of halogens is 2. The molecule has 0 unspecified atom stereocenters. The number of hydrogen-bond donors (Lipinski definition) is 0. The summed E-state index contributed by atoms with van der Waals surface area (Å²) in [5.41, 5.74) is 0.706. The van der Waals surface area contributed by atoms with Crippen LogP contribution < -0.4 is 0 Å². The van der Waals surface area contributed by atoms with Gasteiger partial charge in [0.05, 0.1) is 12.1 Å². The average Bonchev–Trinajstić information content (AvgIpc) is 2.46. The fourth-order valence-corrected chi connectivity index (χ4v) is 2.13. The second-order valence-electron chi connectivity index (χ2n) is 4.99. The van der Waals surface area contributed by atoms with Gasteiger partial charge in [-0.15, -0.1) is 0 Å². The fourth-order valence-electron chi connectivity index (χ4n) is 2.13. The van der Waals surface area contributed by atoms with E-state index in [4.69, 9.17) is 0 Å². The molecular formula is C17H17F2NO. The van der Waals surface area contributed by atoms with E-state index >= 15 is 0 Å². The molecular weight excluding hydrogens is 272 g/mol. The number of carbonyl (C=O) groups is 1. The minimum atomic E-state index is -0.809. The van der Waals surface area contributed by atoms with Gasteiger partial charge < -0.3 is 0 Å². The Labute approximate surface area is 123 Å². The largest absolute Gasteiger partial charge is 0.299 e. The Hall–Kier alpha value is -2.07. The molecule has 0 radical (unpaired) electrons. The molecule has 2 nitrogen and oxygen atoms in total. The van der Waals surface area contributed by atoms with Gasteiger partial charge >= 0.3 is 0 Å². The summed E-state index contributed by atoms with van der Waals surface area (Å²) in [4.78, 5) is 13.8. The minimum absolute atomic E-state index is 0.00924. The molecule has 0 bridgehead atoms. The first-order valence-electron chi connectivity index (χ1n) is 6.77. The van der Waals surface area contributed by atoms with Crippen LogP contribution in [0, 0.1) is 11.6 Å². The molecule has 0 N–H and O–H groups in total. The standard InChI is InChI=1S/C17H17F2NO/c1-20(11-10-13-6-3-2-4-7-13)12-16(21)17-14(18)8-5-9-15(17)19/h2-9H,10-12H2,1H3. The zero-order chi connectivity index (χ0) is 15.2. The Morgan fingerprint density at radius 2 is 1.62 bits per heavy atom. The third-order valence-corrected chi connectivity index (χ3v) is 3.28. The molecule has 2 rings (SSSR count). The van der Waals surface area contributed by atoms with E-state index in [1.807, 2.05) is 30.3 Å². The van der Waals surface area contributed by atoms with Gasteiger partial charge in [-0.25, -0.2) is 8.78 Å². The third kappa shape index (κ3) is 4.20. The normalized spacial score (nSPS) is 10.9. The Bertz CT molecular complexity index is 593. The molecule has 0 aliphatic heterocycles. The predicted octanol–water partition coefficient (Wildman–Crippen LogP) is 3.32. The van der Waals surface area contributed by atoms with Crippen LogP contribution in [0.3, 0.4) is 0 Å². The summed E-state index contributed by atoms with van der Waals surface area (Å²) in [7, 11) is 1.76. The molecule has 0 fully saturated rings. The molecule has 0 saturated carbocycles. The Morgan fingerprint density at radius 1 is 1.00 bits per heavy atom. The van der Waals surface area contributed by atoms with Crippen molar-refractivity contribution in [1.29, 1.82) is 0 Å². The first kappa shape index (κ1) is 15.3. The first-order chi connectivity index (χ1) is 10.1. The van der Waals surface area contributed by atoms with Crippen molar-refractivity contribution in [1.82, 2.24) is 4.90 Å². The molecule has 0 aliphatic rings. The molecule has 0 atom stereocenters. The molecule has 0 aromatic heterocycles. The average molecular weight is 289 g/mol. The highest BCUT2D eigenvalue weighted by atomic mass is 19.1. The van der Waals surface area contributed by atoms with Crippen LogP contribution in [-0.2, 0) is 6.42 Å². The molecule has 0 aliphatic carbocycles. The van der Waals surface area contributed by atoms with E-state index in [1.165, 1.54) is 6.07 Å². The van der Waals surface area contributed by atoms with Gasteiger partial charge in [-0.05, 0) is 31.2 Å². The Morgan fingerprint density at radius 3 is 2.24 bits per heavy atom. The lowest BCUT2D eigenvalue weighted by molar-refractivity contribution is 0.0938. The van der Waals surface area contributed by atoms with Gasteiger partial charge in [0.1, 0.15) is 11.6 Å². The van der Waals surface area contributed by atoms with Crippen molar-refractivity contribution in [3.8, 4) is 0 Å². The number of likely N-dealkylation sites (N-methyl/N-ethyl adjacent to an activating group) is 1. The highest BCUT2D eigenvalue weighted by Gasteiger charge is 2.18. The number of Topliss-reactive ketones (excluding diaryl/α,β-unsaturated/α-hetero) is 1. The maximum atomic E-state index is 13.5. The fraction of sp³-hybridized carbons (Fsp3) is 0.235. The van der Waals surface area contributed by atoms with Crippen molar-refractivity contribution >= 4 is 5.78 Å². The second-order valence-corrected chi connectivity index (χ2v) is 4.99. The van der Waals surface area contributed by atoms with E-state index in [9.17, 15) is 13.6 Å². The van der Waals surface area contributed by atoms with Crippen molar-refractivity contribution in [2.24, 2.45) is 0 Å². The molecule has 2 aromatic rings. The van der Waals surface area contributed by atoms with Crippen LogP contribution in [0.15, 0.2) is 48.5 Å². The summed E-state index contributed by atoms with van der Waals surface area (Å²) in [5, 5.41) is 0. The first-order valence-corrected chi connectivity index (χ1v) is 6.77. The van der Waals surface area contributed by atoms with Crippen molar-refractivity contribution in [2.45, 2.75) is 6.42 Å². The van der Waals surface area contributed by atoms with Crippen LogP contribution in [0.2, 0.25) is 0 Å². The van der Waals surface area contributed by atoms with Gasteiger partial charge in [-0.1, -0.05) is 36.4 Å². The van der Waals surface area contributed by atoms with Crippen LogP contribution in [0.1, 0.15) is 15.9 Å². The summed E-state index contributed by atoms with van der Waals surface area (Å²) in [5.74, 6) is -2.16. The number of carbonyl (C=O) groups excluding carboxylic acids is 1. The maximum absolute atomic E-state index is 13.5. The maximum Gasteiger partial charge on any atom is 0.182 e. The number of nitrogens with zero attached hydrogens (tertiary/aromatic N) is 1. The lowest BCUT2D eigenvalue weighted by atomic mass is 10.1. The highest BCUT2D eigenvalue weighted by molar-refractivity contribution is 5.98. The van der Waals surface area contributed by atoms with E-state index in [-0.39, 0.29) is 6.54 Å². The van der Waals surface area contributed by atoms with E-state index in [2.05, 4.69) is 0 Å². The smallest absolute Gasteiger partial charge is 0.182 e. The van der Waals surface area contributed by atoms with E-state index in [0.717, 1.165) is 24.1 Å². The number of hydrogen-bond acceptors (Lipinski definition) is 2. The second kappa shape index (κ2) is 7.09. The third-order valence-electron chi connectivity index (χ3n) is 3.28. The molecule has 0 saturated heterocycles. The van der Waals surface area contributed by atoms with E-state index in [0.29, 0.717) is 6.54 Å².